The fourth-order valence-electron chi connectivity index (χ4n) is 2.91. The second-order valence-electron chi connectivity index (χ2n) is 6.34. The number of nitrogens with one attached hydrogen (secondary N) is 1. The zero-order chi connectivity index (χ0) is 18.5. The fraction of sp³-hybridized carbons (Fsp3) is 0.350. The van der Waals surface area contributed by atoms with Crippen molar-refractivity contribution in [1.29, 1.82) is 0 Å². The summed E-state index contributed by atoms with van der Waals surface area (Å²) in [5.74, 6) is 2.90. The molecule has 6 heteroatoms. The highest BCUT2D eigenvalue weighted by Gasteiger charge is 2.15. The number of thioether (sulfide) groups is 1. The van der Waals surface area contributed by atoms with Gasteiger partial charge in [0.2, 0.25) is 0 Å². The van der Waals surface area contributed by atoms with E-state index < -0.39 is 0 Å². The number of anilines is 1. The van der Waals surface area contributed by atoms with Crippen LogP contribution in [0.2, 0.25) is 0 Å². The average molecular weight is 435 g/mol. The molecule has 0 spiro atoms. The minimum Gasteiger partial charge on any atom is -0.497 e. The SMILES string of the molecule is COc1ccc(Br)c(C(=O)Nc2cc(CN3CCSCC3)ccc2C)c1. The number of aryl methyl sites for hydroxylation is 1. The van der Waals surface area contributed by atoms with Crippen molar-refractivity contribution in [2.24, 2.45) is 0 Å². The van der Waals surface area contributed by atoms with Crippen molar-refractivity contribution in [1.82, 2.24) is 4.90 Å². The minimum absolute atomic E-state index is 0.148. The van der Waals surface area contributed by atoms with Crippen molar-refractivity contribution in [3.05, 3.63) is 57.6 Å². The number of amides is 1. The third kappa shape index (κ3) is 4.81. The van der Waals surface area contributed by atoms with Crippen LogP contribution in [0.5, 0.6) is 5.75 Å². The van der Waals surface area contributed by atoms with Crippen molar-refractivity contribution >= 4 is 39.3 Å². The number of benzene rings is 2. The van der Waals surface area contributed by atoms with Crippen LogP contribution in [0.4, 0.5) is 5.69 Å². The van der Waals surface area contributed by atoms with Gasteiger partial charge >= 0.3 is 0 Å². The molecule has 1 aliphatic rings. The van der Waals surface area contributed by atoms with Crippen molar-refractivity contribution in [3.8, 4) is 5.75 Å². The molecule has 1 N–H and O–H groups in total. The Labute approximate surface area is 167 Å². The largest absolute Gasteiger partial charge is 0.497 e. The third-order valence-corrected chi connectivity index (χ3v) is 6.11. The van der Waals surface area contributed by atoms with Gasteiger partial charge in [-0.25, -0.2) is 0 Å². The van der Waals surface area contributed by atoms with E-state index in [1.54, 1.807) is 13.2 Å². The molecule has 2 aromatic carbocycles. The van der Waals surface area contributed by atoms with Crippen molar-refractivity contribution < 1.29 is 9.53 Å². The van der Waals surface area contributed by atoms with Crippen LogP contribution < -0.4 is 10.1 Å². The number of hydrogen-bond donors (Lipinski definition) is 1. The first-order valence-corrected chi connectivity index (χ1v) is 10.6. The van der Waals surface area contributed by atoms with E-state index in [2.05, 4.69) is 44.3 Å². The summed E-state index contributed by atoms with van der Waals surface area (Å²) in [6.45, 7) is 5.18. The zero-order valence-corrected chi connectivity index (χ0v) is 17.5. The summed E-state index contributed by atoms with van der Waals surface area (Å²) in [6, 6.07) is 11.7. The van der Waals surface area contributed by atoms with E-state index >= 15 is 0 Å². The lowest BCUT2D eigenvalue weighted by Gasteiger charge is -2.26. The molecular formula is C20H23BrN2O2S. The van der Waals surface area contributed by atoms with E-state index in [9.17, 15) is 4.79 Å². The normalized spacial score (nSPS) is 14.9. The molecule has 0 bridgehead atoms. The number of hydrogen-bond acceptors (Lipinski definition) is 4. The minimum atomic E-state index is -0.148. The molecule has 0 radical (unpaired) electrons. The summed E-state index contributed by atoms with van der Waals surface area (Å²) in [6.07, 6.45) is 0. The summed E-state index contributed by atoms with van der Waals surface area (Å²) in [5.41, 5.74) is 3.69. The molecule has 1 aliphatic heterocycles. The van der Waals surface area contributed by atoms with Crippen LogP contribution in [0.3, 0.4) is 0 Å². The molecule has 0 unspecified atom stereocenters. The summed E-state index contributed by atoms with van der Waals surface area (Å²) in [4.78, 5) is 15.2. The predicted molar refractivity (Wildman–Crippen MR) is 112 cm³/mol. The van der Waals surface area contributed by atoms with Crippen LogP contribution in [0.1, 0.15) is 21.5 Å². The Kier molecular flexibility index (Phi) is 6.62. The summed E-state index contributed by atoms with van der Waals surface area (Å²) in [7, 11) is 1.59. The molecule has 0 aliphatic carbocycles. The van der Waals surface area contributed by atoms with Gasteiger partial charge in [-0.05, 0) is 58.2 Å². The van der Waals surface area contributed by atoms with E-state index in [0.717, 1.165) is 35.4 Å². The number of methoxy groups -OCH3 is 1. The number of carbonyl (C=O) groups excluding carboxylic acids is 1. The number of halogens is 1. The number of rotatable bonds is 5. The first kappa shape index (κ1) is 19.3. The second kappa shape index (κ2) is 8.93. The van der Waals surface area contributed by atoms with Gasteiger partial charge in [-0.2, -0.15) is 11.8 Å². The molecule has 1 fully saturated rings. The molecule has 0 aromatic heterocycles. The molecule has 26 heavy (non-hydrogen) atoms. The van der Waals surface area contributed by atoms with E-state index in [-0.39, 0.29) is 5.91 Å². The second-order valence-corrected chi connectivity index (χ2v) is 8.42. The predicted octanol–water partition coefficient (Wildman–Crippen LogP) is 4.57. The topological polar surface area (TPSA) is 41.6 Å². The van der Waals surface area contributed by atoms with Gasteiger partial charge in [0, 0.05) is 41.3 Å². The van der Waals surface area contributed by atoms with Crippen LogP contribution in [0, 0.1) is 6.92 Å². The van der Waals surface area contributed by atoms with Gasteiger partial charge in [0.1, 0.15) is 5.75 Å². The summed E-state index contributed by atoms with van der Waals surface area (Å²) < 4.78 is 5.98. The summed E-state index contributed by atoms with van der Waals surface area (Å²) in [5, 5.41) is 3.05. The highest BCUT2D eigenvalue weighted by molar-refractivity contribution is 9.10. The molecule has 3 rings (SSSR count). The van der Waals surface area contributed by atoms with Crippen molar-refractivity contribution in [2.75, 3.05) is 37.0 Å². The Morgan fingerprint density at radius 1 is 1.23 bits per heavy atom. The van der Waals surface area contributed by atoms with E-state index in [1.165, 1.54) is 17.1 Å². The van der Waals surface area contributed by atoms with Crippen LogP contribution in [-0.4, -0.2) is 42.5 Å². The first-order chi connectivity index (χ1) is 12.6. The van der Waals surface area contributed by atoms with Crippen LogP contribution in [-0.2, 0) is 6.54 Å². The Balaban J connectivity index is 1.76. The molecule has 1 saturated heterocycles. The van der Waals surface area contributed by atoms with Crippen molar-refractivity contribution in [2.45, 2.75) is 13.5 Å². The molecule has 4 nitrogen and oxygen atoms in total. The van der Waals surface area contributed by atoms with E-state index in [0.29, 0.717) is 11.3 Å². The molecule has 2 aromatic rings. The maximum atomic E-state index is 12.7. The highest BCUT2D eigenvalue weighted by Crippen LogP contribution is 2.25. The molecule has 0 atom stereocenters. The molecule has 1 amide bonds. The Hall–Kier alpha value is -1.50. The average Bonchev–Trinajstić information content (AvgIpc) is 2.65. The fourth-order valence-corrected chi connectivity index (χ4v) is 4.32. The van der Waals surface area contributed by atoms with Gasteiger partial charge in [-0.1, -0.05) is 12.1 Å². The molecule has 0 saturated carbocycles. The van der Waals surface area contributed by atoms with Gasteiger partial charge in [0.25, 0.3) is 5.91 Å². The van der Waals surface area contributed by atoms with Gasteiger partial charge in [-0.3, -0.25) is 9.69 Å². The monoisotopic (exact) mass is 434 g/mol. The quantitative estimate of drug-likeness (QED) is 0.748. The van der Waals surface area contributed by atoms with Gasteiger partial charge in [-0.15, -0.1) is 0 Å². The molecule has 138 valence electrons. The Morgan fingerprint density at radius 3 is 2.73 bits per heavy atom. The lowest BCUT2D eigenvalue weighted by Crippen LogP contribution is -2.32. The van der Waals surface area contributed by atoms with Crippen LogP contribution in [0.15, 0.2) is 40.9 Å². The number of nitrogens with zero attached hydrogens (tertiary/aromatic N) is 1. The van der Waals surface area contributed by atoms with Crippen LogP contribution in [0.25, 0.3) is 0 Å². The summed E-state index contributed by atoms with van der Waals surface area (Å²) >= 11 is 5.46. The maximum Gasteiger partial charge on any atom is 0.256 e. The highest BCUT2D eigenvalue weighted by atomic mass is 79.9. The Bertz CT molecular complexity index is 791. The maximum absolute atomic E-state index is 12.7. The third-order valence-electron chi connectivity index (χ3n) is 4.48. The smallest absolute Gasteiger partial charge is 0.256 e. The van der Waals surface area contributed by atoms with Crippen molar-refractivity contribution in [3.63, 3.8) is 0 Å². The zero-order valence-electron chi connectivity index (χ0n) is 15.0. The van der Waals surface area contributed by atoms with Gasteiger partial charge in [0.05, 0.1) is 12.7 Å². The molecule has 1 heterocycles. The lowest BCUT2D eigenvalue weighted by molar-refractivity contribution is 0.102. The molecular weight excluding hydrogens is 412 g/mol. The van der Waals surface area contributed by atoms with E-state index in [1.807, 2.05) is 30.8 Å². The number of ether oxygens (including phenoxy) is 1. The van der Waals surface area contributed by atoms with Gasteiger partial charge < -0.3 is 10.1 Å². The first-order valence-electron chi connectivity index (χ1n) is 8.61. The lowest BCUT2D eigenvalue weighted by atomic mass is 10.1. The van der Waals surface area contributed by atoms with E-state index in [4.69, 9.17) is 4.74 Å². The van der Waals surface area contributed by atoms with Gasteiger partial charge in [0.15, 0.2) is 0 Å². The van der Waals surface area contributed by atoms with Crippen LogP contribution >= 0.6 is 27.7 Å². The standard InChI is InChI=1S/C20H23BrN2O2S/c1-14-3-4-15(13-23-7-9-26-10-8-23)11-19(14)22-20(24)17-12-16(25-2)5-6-18(17)21/h3-6,11-12H,7-10,13H2,1-2H3,(H,22,24). The number of carbonyl (C=O) groups is 1. The Morgan fingerprint density at radius 2 is 2.00 bits per heavy atom.